The molecule has 0 spiro atoms. The van der Waals surface area contributed by atoms with Crippen LogP contribution in [0.25, 0.3) is 33.4 Å². The van der Waals surface area contributed by atoms with Gasteiger partial charge in [0.05, 0.1) is 16.9 Å². The van der Waals surface area contributed by atoms with Gasteiger partial charge in [0, 0.05) is 16.5 Å². The minimum atomic E-state index is -0.466. The smallest absolute Gasteiger partial charge is 0.244 e. The number of nitrogens with one attached hydrogen (secondary N) is 2. The van der Waals surface area contributed by atoms with E-state index in [4.69, 9.17) is 0 Å². The molecule has 2 aromatic heterocycles. The summed E-state index contributed by atoms with van der Waals surface area (Å²) < 4.78 is 0. The number of H-pyrrole nitrogens is 1. The van der Waals surface area contributed by atoms with Crippen molar-refractivity contribution in [2.45, 2.75) is 18.4 Å². The summed E-state index contributed by atoms with van der Waals surface area (Å²) in [6.07, 6.45) is 2.96. The van der Waals surface area contributed by atoms with E-state index in [9.17, 15) is 9.90 Å². The molecule has 6 heteroatoms. The number of carbonyl (C=O) groups excluding carboxylic acids is 1. The van der Waals surface area contributed by atoms with Gasteiger partial charge in [0.25, 0.3) is 0 Å². The first kappa shape index (κ1) is 18.1. The minimum Gasteiger partial charge on any atom is -0.507 e. The zero-order valence-corrected chi connectivity index (χ0v) is 16.2. The van der Waals surface area contributed by atoms with Crippen LogP contribution >= 0.6 is 0 Å². The molecule has 1 fully saturated rings. The van der Waals surface area contributed by atoms with Crippen LogP contribution in [0.1, 0.15) is 18.5 Å². The monoisotopic (exact) mass is 396 g/mol. The highest BCUT2D eigenvalue weighted by Crippen LogP contribution is 2.50. The van der Waals surface area contributed by atoms with Crippen LogP contribution in [0.2, 0.25) is 0 Å². The van der Waals surface area contributed by atoms with Crippen LogP contribution in [0.4, 0.5) is 0 Å². The van der Waals surface area contributed by atoms with Gasteiger partial charge in [-0.3, -0.25) is 4.79 Å². The lowest BCUT2D eigenvalue weighted by molar-refractivity contribution is -0.117. The highest BCUT2D eigenvalue weighted by atomic mass is 16.3. The Kier molecular flexibility index (Phi) is 4.13. The molecule has 1 aliphatic rings. The van der Waals surface area contributed by atoms with Crippen molar-refractivity contribution in [3.05, 3.63) is 79.0 Å². The summed E-state index contributed by atoms with van der Waals surface area (Å²) in [5.41, 5.74) is 4.31. The van der Waals surface area contributed by atoms with E-state index in [1.54, 1.807) is 12.1 Å². The number of amides is 1. The van der Waals surface area contributed by atoms with Crippen LogP contribution in [-0.2, 0) is 10.3 Å². The molecular weight excluding hydrogens is 376 g/mol. The number of hydrogen-bond donors (Lipinski definition) is 3. The van der Waals surface area contributed by atoms with Crippen LogP contribution in [0, 0.1) is 0 Å². The number of aromatic hydroxyl groups is 1. The standard InChI is InChI=1S/C24H20N4O2/c1-2-20(30)26-24(12-13-24)22-21(15-8-4-3-5-9-15)17-14-18(27-28-23(17)25-22)16-10-6-7-11-19(16)29/h2-11,14,29H,1,12-13H2,(H,25,28)(H,26,30). The van der Waals surface area contributed by atoms with Gasteiger partial charge >= 0.3 is 0 Å². The van der Waals surface area contributed by atoms with Crippen LogP contribution in [0.15, 0.2) is 73.3 Å². The zero-order chi connectivity index (χ0) is 20.7. The number of carbonyl (C=O) groups is 1. The second-order valence-corrected chi connectivity index (χ2v) is 7.53. The van der Waals surface area contributed by atoms with Crippen molar-refractivity contribution >= 4 is 16.9 Å². The molecule has 2 heterocycles. The van der Waals surface area contributed by atoms with E-state index >= 15 is 0 Å². The molecule has 1 aliphatic carbocycles. The number of nitrogens with zero attached hydrogens (tertiary/aromatic N) is 2. The summed E-state index contributed by atoms with van der Waals surface area (Å²) in [5, 5.41) is 23.0. The summed E-state index contributed by atoms with van der Waals surface area (Å²) in [6, 6.07) is 19.0. The van der Waals surface area contributed by atoms with Gasteiger partial charge < -0.3 is 15.4 Å². The number of aromatic amines is 1. The van der Waals surface area contributed by atoms with Gasteiger partial charge in [0.2, 0.25) is 5.91 Å². The molecule has 0 bridgehead atoms. The molecule has 0 atom stereocenters. The molecule has 1 saturated carbocycles. The minimum absolute atomic E-state index is 0.153. The predicted octanol–water partition coefficient (Wildman–Crippen LogP) is 4.29. The van der Waals surface area contributed by atoms with Gasteiger partial charge in [-0.15, -0.1) is 10.2 Å². The van der Waals surface area contributed by atoms with Crippen molar-refractivity contribution < 1.29 is 9.90 Å². The zero-order valence-electron chi connectivity index (χ0n) is 16.2. The molecule has 30 heavy (non-hydrogen) atoms. The second-order valence-electron chi connectivity index (χ2n) is 7.53. The number of fused-ring (bicyclic) bond motifs is 1. The largest absolute Gasteiger partial charge is 0.507 e. The van der Waals surface area contributed by atoms with E-state index in [0.29, 0.717) is 16.9 Å². The third-order valence-electron chi connectivity index (χ3n) is 5.58. The summed E-state index contributed by atoms with van der Waals surface area (Å²) in [6.45, 7) is 3.57. The van der Waals surface area contributed by atoms with Crippen LogP contribution in [0.3, 0.4) is 0 Å². The number of para-hydroxylation sites is 1. The average molecular weight is 396 g/mol. The quantitative estimate of drug-likeness (QED) is 0.439. The Morgan fingerprint density at radius 3 is 2.53 bits per heavy atom. The van der Waals surface area contributed by atoms with Crippen molar-refractivity contribution in [2.24, 2.45) is 0 Å². The van der Waals surface area contributed by atoms with Crippen molar-refractivity contribution in [3.63, 3.8) is 0 Å². The maximum absolute atomic E-state index is 12.1. The van der Waals surface area contributed by atoms with E-state index in [1.807, 2.05) is 48.5 Å². The molecular formula is C24H20N4O2. The van der Waals surface area contributed by atoms with Crippen LogP contribution < -0.4 is 5.32 Å². The first-order valence-corrected chi connectivity index (χ1v) is 9.79. The molecule has 0 aliphatic heterocycles. The SMILES string of the molecule is C=CC(=O)NC1(c2[nH]c3nnc(-c4ccccc4O)cc3c2-c2ccccc2)CC1. The Morgan fingerprint density at radius 1 is 1.10 bits per heavy atom. The summed E-state index contributed by atoms with van der Waals surface area (Å²) in [5.74, 6) is -0.0498. The first-order valence-electron chi connectivity index (χ1n) is 9.79. The van der Waals surface area contributed by atoms with Gasteiger partial charge in [-0.2, -0.15) is 0 Å². The molecule has 2 aromatic carbocycles. The summed E-state index contributed by atoms with van der Waals surface area (Å²) in [7, 11) is 0. The number of rotatable bonds is 5. The second kappa shape index (κ2) is 6.84. The normalized spacial score (nSPS) is 14.4. The topological polar surface area (TPSA) is 90.9 Å². The molecule has 0 unspecified atom stereocenters. The third-order valence-corrected chi connectivity index (χ3v) is 5.58. The van der Waals surface area contributed by atoms with E-state index in [2.05, 4.69) is 27.1 Å². The van der Waals surface area contributed by atoms with Gasteiger partial charge in [0.15, 0.2) is 5.65 Å². The molecule has 5 rings (SSSR count). The van der Waals surface area contributed by atoms with Gasteiger partial charge in [-0.05, 0) is 42.7 Å². The number of phenolic OH excluding ortho intramolecular Hbond substituents is 1. The molecule has 4 aromatic rings. The van der Waals surface area contributed by atoms with Crippen molar-refractivity contribution in [2.75, 3.05) is 0 Å². The van der Waals surface area contributed by atoms with Gasteiger partial charge in [-0.1, -0.05) is 49.0 Å². The van der Waals surface area contributed by atoms with Gasteiger partial charge in [-0.25, -0.2) is 0 Å². The van der Waals surface area contributed by atoms with E-state index in [-0.39, 0.29) is 11.7 Å². The Labute approximate surface area is 173 Å². The maximum Gasteiger partial charge on any atom is 0.244 e. The Bertz CT molecular complexity index is 1270. The number of hydrogen-bond acceptors (Lipinski definition) is 4. The van der Waals surface area contributed by atoms with Crippen molar-refractivity contribution in [1.82, 2.24) is 20.5 Å². The molecule has 3 N–H and O–H groups in total. The molecule has 0 radical (unpaired) electrons. The fraction of sp³-hybridized carbons (Fsp3) is 0.125. The van der Waals surface area contributed by atoms with Crippen molar-refractivity contribution in [1.29, 1.82) is 0 Å². The third kappa shape index (κ3) is 2.93. The van der Waals surface area contributed by atoms with Crippen LogP contribution in [0.5, 0.6) is 5.75 Å². The van der Waals surface area contributed by atoms with Crippen molar-refractivity contribution in [3.8, 4) is 28.1 Å². The number of phenols is 1. The lowest BCUT2D eigenvalue weighted by Gasteiger charge is -2.17. The molecule has 0 saturated heterocycles. The van der Waals surface area contributed by atoms with E-state index < -0.39 is 5.54 Å². The lowest BCUT2D eigenvalue weighted by atomic mass is 9.97. The fourth-order valence-electron chi connectivity index (χ4n) is 3.92. The average Bonchev–Trinajstić information content (AvgIpc) is 3.45. The molecule has 1 amide bonds. The highest BCUT2D eigenvalue weighted by Gasteiger charge is 2.48. The maximum atomic E-state index is 12.1. The number of aromatic nitrogens is 3. The van der Waals surface area contributed by atoms with Gasteiger partial charge in [0.1, 0.15) is 5.75 Å². The lowest BCUT2D eigenvalue weighted by Crippen LogP contribution is -2.34. The number of benzene rings is 2. The summed E-state index contributed by atoms with van der Waals surface area (Å²) >= 11 is 0. The predicted molar refractivity (Wildman–Crippen MR) is 116 cm³/mol. The highest BCUT2D eigenvalue weighted by molar-refractivity contribution is 5.98. The first-order chi connectivity index (χ1) is 14.6. The fourth-order valence-corrected chi connectivity index (χ4v) is 3.92. The Morgan fingerprint density at radius 2 is 1.83 bits per heavy atom. The molecule has 6 nitrogen and oxygen atoms in total. The van der Waals surface area contributed by atoms with E-state index in [1.165, 1.54) is 6.08 Å². The Hall–Kier alpha value is -3.93. The summed E-state index contributed by atoms with van der Waals surface area (Å²) in [4.78, 5) is 15.5. The molecule has 148 valence electrons. The van der Waals surface area contributed by atoms with E-state index in [0.717, 1.165) is 35.0 Å². The Balaban J connectivity index is 1.74. The van der Waals surface area contributed by atoms with Crippen LogP contribution in [-0.4, -0.2) is 26.2 Å².